The molecule has 0 heterocycles. The van der Waals surface area contributed by atoms with Crippen molar-refractivity contribution in [3.8, 4) is 11.1 Å². The molecule has 1 heteroatoms. The van der Waals surface area contributed by atoms with E-state index in [1.165, 1.54) is 44.0 Å². The average molecular weight is 561 g/mol. The van der Waals surface area contributed by atoms with E-state index in [0.717, 1.165) is 6.42 Å². The largest absolute Gasteiger partial charge is 0.103 e. The van der Waals surface area contributed by atoms with E-state index in [9.17, 15) is 0 Å². The highest BCUT2D eigenvalue weighted by atomic mass is 31.1. The Morgan fingerprint density at radius 3 is 1.76 bits per heavy atom. The van der Waals surface area contributed by atoms with Crippen LogP contribution in [-0.4, -0.2) is 5.16 Å². The molecule has 2 aliphatic carbocycles. The molecule has 3 unspecified atom stereocenters. The first-order valence-corrected chi connectivity index (χ1v) is 16.5. The van der Waals surface area contributed by atoms with Crippen LogP contribution in [0.5, 0.6) is 0 Å². The number of hydrogen-bond acceptors (Lipinski definition) is 0. The summed E-state index contributed by atoms with van der Waals surface area (Å²) in [5.74, 6) is 0.431. The minimum absolute atomic E-state index is 0.182. The van der Waals surface area contributed by atoms with E-state index in [1.807, 2.05) is 0 Å². The molecule has 0 N–H and O–H groups in total. The molecule has 0 fully saturated rings. The van der Waals surface area contributed by atoms with E-state index in [2.05, 4.69) is 172 Å². The molecule has 0 aromatic heterocycles. The number of rotatable bonds is 8. The van der Waals surface area contributed by atoms with Gasteiger partial charge in [-0.25, -0.2) is 0 Å². The van der Waals surface area contributed by atoms with Crippen LogP contribution in [0.25, 0.3) is 17.2 Å². The minimum atomic E-state index is -0.883. The van der Waals surface area contributed by atoms with Crippen molar-refractivity contribution in [3.05, 3.63) is 174 Å². The summed E-state index contributed by atoms with van der Waals surface area (Å²) in [6.45, 7) is 9.47. The van der Waals surface area contributed by atoms with Gasteiger partial charge < -0.3 is 0 Å². The van der Waals surface area contributed by atoms with Gasteiger partial charge in [0.2, 0.25) is 0 Å². The quantitative estimate of drug-likeness (QED) is 0.131. The Morgan fingerprint density at radius 1 is 0.714 bits per heavy atom. The van der Waals surface area contributed by atoms with E-state index in [-0.39, 0.29) is 22.4 Å². The lowest BCUT2D eigenvalue weighted by Gasteiger charge is -2.57. The van der Waals surface area contributed by atoms with Crippen LogP contribution in [0, 0.1) is 5.92 Å². The van der Waals surface area contributed by atoms with Crippen LogP contribution in [0.4, 0.5) is 0 Å². The van der Waals surface area contributed by atoms with E-state index >= 15 is 0 Å². The molecule has 5 aromatic carbocycles. The molecule has 2 aliphatic rings. The van der Waals surface area contributed by atoms with Crippen molar-refractivity contribution in [1.82, 2.24) is 0 Å². The first kappa shape index (κ1) is 26.9. The van der Waals surface area contributed by atoms with Crippen molar-refractivity contribution in [2.45, 2.75) is 36.8 Å². The second-order valence-electron chi connectivity index (χ2n) is 11.8. The van der Waals surface area contributed by atoms with Crippen LogP contribution in [-0.2, 0) is 5.41 Å². The Balaban J connectivity index is 1.66. The number of fused-ring (bicyclic) bond motifs is 4. The molecule has 0 aliphatic heterocycles. The van der Waals surface area contributed by atoms with Crippen molar-refractivity contribution in [2.24, 2.45) is 5.92 Å². The molecular formula is C41H37P. The Bertz CT molecular complexity index is 1680. The van der Waals surface area contributed by atoms with Gasteiger partial charge in [0, 0.05) is 16.5 Å². The summed E-state index contributed by atoms with van der Waals surface area (Å²) < 4.78 is 0. The van der Waals surface area contributed by atoms with Gasteiger partial charge in [-0.3, -0.25) is 0 Å². The van der Waals surface area contributed by atoms with Crippen molar-refractivity contribution < 1.29 is 0 Å². The third-order valence-electron chi connectivity index (χ3n) is 9.97. The van der Waals surface area contributed by atoms with E-state index in [0.29, 0.717) is 0 Å². The molecule has 0 spiro atoms. The van der Waals surface area contributed by atoms with Crippen LogP contribution in [0.3, 0.4) is 0 Å². The van der Waals surface area contributed by atoms with Gasteiger partial charge in [-0.15, -0.1) is 6.58 Å². The first-order chi connectivity index (χ1) is 20.6. The summed E-state index contributed by atoms with van der Waals surface area (Å²) in [6, 6.07) is 50.1. The molecule has 42 heavy (non-hydrogen) atoms. The smallest absolute Gasteiger partial charge is 0.0312 e. The van der Waals surface area contributed by atoms with Crippen LogP contribution >= 0.6 is 7.92 Å². The van der Waals surface area contributed by atoms with Gasteiger partial charge in [0.05, 0.1) is 0 Å². The highest BCUT2D eigenvalue weighted by Gasteiger charge is 2.62. The SMILES string of the molecule is C=CC(CC)C1(C(C)(C2c3ccccc3-c3ccccc32)P(c2ccccc2)c2ccccc2)C=Cc2ccccc21. The predicted octanol–water partition coefficient (Wildman–Crippen LogP) is 9.87. The molecule has 3 atom stereocenters. The lowest BCUT2D eigenvalue weighted by molar-refractivity contribution is 0.283. The number of benzene rings is 5. The highest BCUT2D eigenvalue weighted by Crippen LogP contribution is 2.71. The zero-order valence-electron chi connectivity index (χ0n) is 24.4. The van der Waals surface area contributed by atoms with Crippen LogP contribution in [0.15, 0.2) is 152 Å². The summed E-state index contributed by atoms with van der Waals surface area (Å²) in [4.78, 5) is 0. The van der Waals surface area contributed by atoms with E-state index in [4.69, 9.17) is 0 Å². The number of allylic oxidation sites excluding steroid dienone is 2. The zero-order chi connectivity index (χ0) is 28.7. The maximum Gasteiger partial charge on any atom is 0.0312 e. The summed E-state index contributed by atoms with van der Waals surface area (Å²) in [6.07, 6.45) is 8.25. The fourth-order valence-electron chi connectivity index (χ4n) is 8.30. The predicted molar refractivity (Wildman–Crippen MR) is 182 cm³/mol. The average Bonchev–Trinajstić information content (AvgIpc) is 3.61. The standard InChI is InChI=1S/C41H37P/c1-4-31(5-2)41(29-28-30-18-12-17-27-38(30)41)40(3,42(32-19-8-6-9-20-32)33-21-10-7-11-22-33)39-36-25-15-13-23-34(36)35-24-14-16-26-37(35)39/h4,6-29,31,39H,1,5H2,2-3H3. The van der Waals surface area contributed by atoms with Crippen molar-refractivity contribution in [1.29, 1.82) is 0 Å². The van der Waals surface area contributed by atoms with Gasteiger partial charge in [-0.1, -0.05) is 166 Å². The topological polar surface area (TPSA) is 0 Å². The van der Waals surface area contributed by atoms with Crippen LogP contribution < -0.4 is 10.6 Å². The molecule has 0 saturated heterocycles. The van der Waals surface area contributed by atoms with Gasteiger partial charge in [-0.05, 0) is 64.3 Å². The van der Waals surface area contributed by atoms with E-state index < -0.39 is 7.92 Å². The van der Waals surface area contributed by atoms with Crippen molar-refractivity contribution >= 4 is 24.6 Å². The molecule has 206 valence electrons. The Morgan fingerprint density at radius 2 is 1.21 bits per heavy atom. The Hall–Kier alpha value is -3.99. The van der Waals surface area contributed by atoms with Gasteiger partial charge in [0.15, 0.2) is 0 Å². The molecule has 0 saturated carbocycles. The zero-order valence-corrected chi connectivity index (χ0v) is 25.3. The van der Waals surface area contributed by atoms with Crippen LogP contribution in [0.1, 0.15) is 48.4 Å². The molecular weight excluding hydrogens is 523 g/mol. The number of hydrogen-bond donors (Lipinski definition) is 0. The molecule has 0 radical (unpaired) electrons. The fraction of sp³-hybridized carbons (Fsp3) is 0.171. The third-order valence-corrected chi connectivity index (χ3v) is 13.2. The highest BCUT2D eigenvalue weighted by molar-refractivity contribution is 7.74. The summed E-state index contributed by atoms with van der Waals surface area (Å²) in [5.41, 5.74) is 8.11. The molecule has 0 bridgehead atoms. The molecule has 0 nitrogen and oxygen atoms in total. The van der Waals surface area contributed by atoms with E-state index in [1.54, 1.807) is 0 Å². The fourth-order valence-corrected chi connectivity index (χ4v) is 11.9. The summed E-state index contributed by atoms with van der Waals surface area (Å²) >= 11 is 0. The second-order valence-corrected chi connectivity index (χ2v) is 14.4. The molecule has 5 aromatic rings. The Labute approximate surface area is 252 Å². The Kier molecular flexibility index (Phi) is 6.84. The second kappa shape index (κ2) is 10.7. The first-order valence-electron chi connectivity index (χ1n) is 15.1. The maximum absolute atomic E-state index is 4.50. The van der Waals surface area contributed by atoms with Gasteiger partial charge in [0.1, 0.15) is 0 Å². The van der Waals surface area contributed by atoms with Gasteiger partial charge in [0.25, 0.3) is 0 Å². The summed E-state index contributed by atoms with van der Waals surface area (Å²) in [7, 11) is -0.883. The minimum Gasteiger partial charge on any atom is -0.103 e. The molecule has 0 amide bonds. The van der Waals surface area contributed by atoms with Crippen molar-refractivity contribution in [3.63, 3.8) is 0 Å². The summed E-state index contributed by atoms with van der Waals surface area (Å²) in [5, 5.41) is 2.57. The lowest BCUT2D eigenvalue weighted by Crippen LogP contribution is -2.56. The molecule has 7 rings (SSSR count). The van der Waals surface area contributed by atoms with Gasteiger partial charge >= 0.3 is 0 Å². The maximum atomic E-state index is 4.50. The lowest BCUT2D eigenvalue weighted by atomic mass is 9.58. The third kappa shape index (κ3) is 3.78. The van der Waals surface area contributed by atoms with Gasteiger partial charge in [-0.2, -0.15) is 0 Å². The van der Waals surface area contributed by atoms with Crippen LogP contribution in [0.2, 0.25) is 0 Å². The van der Waals surface area contributed by atoms with Crippen molar-refractivity contribution in [2.75, 3.05) is 0 Å². The normalized spacial score (nSPS) is 19.1. The monoisotopic (exact) mass is 560 g/mol.